The van der Waals surface area contributed by atoms with Gasteiger partial charge in [0, 0.05) is 19.6 Å². The van der Waals surface area contributed by atoms with Crippen LogP contribution in [-0.4, -0.2) is 61.0 Å². The molecule has 9 heteroatoms. The van der Waals surface area contributed by atoms with E-state index in [0.29, 0.717) is 12.5 Å². The number of urea groups is 1. The third kappa shape index (κ3) is 5.14. The van der Waals surface area contributed by atoms with E-state index in [0.717, 1.165) is 6.26 Å². The van der Waals surface area contributed by atoms with E-state index in [-0.39, 0.29) is 30.6 Å². The van der Waals surface area contributed by atoms with Gasteiger partial charge in [-0.15, -0.1) is 3.77 Å². The largest absolute Gasteiger partial charge is 0.338 e. The van der Waals surface area contributed by atoms with Crippen molar-refractivity contribution in [1.82, 2.24) is 10.2 Å². The molecule has 2 amide bonds. The predicted octanol–water partition coefficient (Wildman–Crippen LogP) is 0.629. The summed E-state index contributed by atoms with van der Waals surface area (Å²) in [6.07, 6.45) is 5.75. The number of amides is 2. The van der Waals surface area contributed by atoms with Gasteiger partial charge in [0.25, 0.3) is 10.0 Å². The number of rotatable bonds is 3. The van der Waals surface area contributed by atoms with Crippen molar-refractivity contribution in [3.63, 3.8) is 0 Å². The highest BCUT2D eigenvalue weighted by Gasteiger charge is 2.26. The number of hydrogen-bond donors (Lipinski definition) is 1. The van der Waals surface area contributed by atoms with Crippen molar-refractivity contribution in [2.45, 2.75) is 25.7 Å². The number of nitrogens with one attached hydrogen (secondary N) is 1. The van der Waals surface area contributed by atoms with Crippen LogP contribution in [0.5, 0.6) is 0 Å². The quantitative estimate of drug-likeness (QED) is 0.817. The van der Waals surface area contributed by atoms with E-state index >= 15 is 0 Å². The van der Waals surface area contributed by atoms with Crippen LogP contribution >= 0.6 is 0 Å². The minimum absolute atomic E-state index is 0.122. The number of nitrogens with zero attached hydrogens (tertiary/aromatic N) is 2. The SMILES string of the molecule is CS(=O)(=O)N=S1(=O)CCN(C(=O)NCC2CCCC2)CC1. The lowest BCUT2D eigenvalue weighted by atomic mass is 10.1. The van der Waals surface area contributed by atoms with Crippen LogP contribution in [0.3, 0.4) is 0 Å². The molecule has 1 aliphatic carbocycles. The Bertz CT molecular complexity index is 588. The lowest BCUT2D eigenvalue weighted by Crippen LogP contribution is -2.49. The third-order valence-electron chi connectivity index (χ3n) is 3.94. The van der Waals surface area contributed by atoms with E-state index in [2.05, 4.69) is 9.08 Å². The molecule has 0 unspecified atom stereocenters. The normalized spacial score (nSPS) is 23.0. The van der Waals surface area contributed by atoms with E-state index in [4.69, 9.17) is 0 Å². The first kappa shape index (κ1) is 16.5. The highest BCUT2D eigenvalue weighted by molar-refractivity contribution is 8.03. The second kappa shape index (κ2) is 6.51. The van der Waals surface area contributed by atoms with Crippen LogP contribution in [0.4, 0.5) is 4.79 Å². The van der Waals surface area contributed by atoms with Crippen molar-refractivity contribution >= 4 is 25.8 Å². The maximum atomic E-state index is 12.3. The highest BCUT2D eigenvalue weighted by Crippen LogP contribution is 2.23. The van der Waals surface area contributed by atoms with Gasteiger partial charge >= 0.3 is 6.03 Å². The van der Waals surface area contributed by atoms with Gasteiger partial charge < -0.3 is 10.2 Å². The minimum Gasteiger partial charge on any atom is -0.338 e. The standard InChI is InChI=1S/C12H23N3O4S2/c1-20(17,18)14-21(19)8-6-15(7-9-21)12(16)13-10-11-4-2-3-5-11/h11H,2-10H2,1H3,(H,13,16). The van der Waals surface area contributed by atoms with Crippen molar-refractivity contribution < 1.29 is 17.4 Å². The first-order valence-corrected chi connectivity index (χ1v) is 10.9. The highest BCUT2D eigenvalue weighted by atomic mass is 32.3. The van der Waals surface area contributed by atoms with Gasteiger partial charge in [-0.05, 0) is 18.8 Å². The summed E-state index contributed by atoms with van der Waals surface area (Å²) >= 11 is 0. The number of carbonyl (C=O) groups excluding carboxylic acids is 1. The van der Waals surface area contributed by atoms with Crippen LogP contribution in [0, 0.1) is 5.92 Å². The molecule has 21 heavy (non-hydrogen) atoms. The second-order valence-electron chi connectivity index (χ2n) is 5.81. The fraction of sp³-hybridized carbons (Fsp3) is 0.917. The van der Waals surface area contributed by atoms with Crippen molar-refractivity contribution in [3.8, 4) is 0 Å². The summed E-state index contributed by atoms with van der Waals surface area (Å²) in [5, 5.41) is 2.92. The molecular weight excluding hydrogens is 314 g/mol. The Hall–Kier alpha value is -0.830. The molecule has 0 bridgehead atoms. The monoisotopic (exact) mass is 337 g/mol. The van der Waals surface area contributed by atoms with E-state index in [9.17, 15) is 17.4 Å². The zero-order valence-electron chi connectivity index (χ0n) is 12.3. The minimum atomic E-state index is -3.61. The first-order chi connectivity index (χ1) is 9.77. The molecule has 1 saturated heterocycles. The summed E-state index contributed by atoms with van der Waals surface area (Å²) < 4.78 is 38.0. The smallest absolute Gasteiger partial charge is 0.317 e. The fourth-order valence-corrected chi connectivity index (χ4v) is 6.59. The van der Waals surface area contributed by atoms with E-state index in [1.807, 2.05) is 0 Å². The summed E-state index contributed by atoms with van der Waals surface area (Å²) in [6, 6.07) is -0.150. The summed E-state index contributed by atoms with van der Waals surface area (Å²) in [6.45, 7) is 1.27. The molecule has 2 fully saturated rings. The van der Waals surface area contributed by atoms with Crippen LogP contribution < -0.4 is 5.32 Å². The Balaban J connectivity index is 1.84. The Morgan fingerprint density at radius 1 is 1.29 bits per heavy atom. The van der Waals surface area contributed by atoms with Gasteiger partial charge in [-0.3, -0.25) is 0 Å². The molecule has 0 spiro atoms. The molecule has 1 saturated carbocycles. The Morgan fingerprint density at radius 2 is 1.86 bits per heavy atom. The summed E-state index contributed by atoms with van der Waals surface area (Å²) in [7, 11) is -6.34. The van der Waals surface area contributed by atoms with Gasteiger partial charge in [0.15, 0.2) is 0 Å². The summed E-state index contributed by atoms with van der Waals surface area (Å²) in [5.74, 6) is 0.816. The molecule has 0 aromatic carbocycles. The first-order valence-electron chi connectivity index (χ1n) is 7.24. The molecule has 1 heterocycles. The van der Waals surface area contributed by atoms with Gasteiger partial charge in [-0.1, -0.05) is 12.8 Å². The fourth-order valence-electron chi connectivity index (χ4n) is 2.80. The number of carbonyl (C=O) groups is 1. The topological polar surface area (TPSA) is 95.9 Å². The molecular formula is C12H23N3O4S2. The van der Waals surface area contributed by atoms with Gasteiger partial charge in [0.2, 0.25) is 0 Å². The van der Waals surface area contributed by atoms with E-state index in [1.165, 1.54) is 25.7 Å². The van der Waals surface area contributed by atoms with Crippen molar-refractivity contribution in [3.05, 3.63) is 0 Å². The van der Waals surface area contributed by atoms with Crippen LogP contribution in [0.1, 0.15) is 25.7 Å². The number of hydrogen-bond acceptors (Lipinski definition) is 4. The van der Waals surface area contributed by atoms with Crippen LogP contribution in [0.2, 0.25) is 0 Å². The molecule has 0 atom stereocenters. The zero-order valence-corrected chi connectivity index (χ0v) is 13.9. The van der Waals surface area contributed by atoms with Crippen LogP contribution in [0.25, 0.3) is 0 Å². The summed E-state index contributed by atoms with van der Waals surface area (Å²) in [4.78, 5) is 13.6. The van der Waals surface area contributed by atoms with Gasteiger partial charge in [0.05, 0.1) is 27.5 Å². The average molecular weight is 337 g/mol. The van der Waals surface area contributed by atoms with Crippen molar-refractivity contribution in [1.29, 1.82) is 0 Å². The van der Waals surface area contributed by atoms with Crippen LogP contribution in [-0.2, 0) is 19.8 Å². The molecule has 0 aromatic rings. The lowest BCUT2D eigenvalue weighted by molar-refractivity contribution is 0.200. The van der Waals surface area contributed by atoms with Crippen molar-refractivity contribution in [2.24, 2.45) is 9.69 Å². The van der Waals surface area contributed by atoms with E-state index in [1.54, 1.807) is 4.90 Å². The van der Waals surface area contributed by atoms with Crippen LogP contribution in [0.15, 0.2) is 3.77 Å². The summed E-state index contributed by atoms with van der Waals surface area (Å²) in [5.41, 5.74) is 0. The zero-order chi connectivity index (χ0) is 15.5. The molecule has 122 valence electrons. The maximum Gasteiger partial charge on any atom is 0.317 e. The average Bonchev–Trinajstić information content (AvgIpc) is 2.87. The van der Waals surface area contributed by atoms with Gasteiger partial charge in [-0.25, -0.2) is 17.4 Å². The second-order valence-corrected chi connectivity index (χ2v) is 10.2. The lowest BCUT2D eigenvalue weighted by Gasteiger charge is -2.29. The Morgan fingerprint density at radius 3 is 2.38 bits per heavy atom. The molecule has 7 nitrogen and oxygen atoms in total. The van der Waals surface area contributed by atoms with Crippen molar-refractivity contribution in [2.75, 3.05) is 37.4 Å². The molecule has 0 radical (unpaired) electrons. The van der Waals surface area contributed by atoms with Gasteiger partial charge in [-0.2, -0.15) is 0 Å². The predicted molar refractivity (Wildman–Crippen MR) is 82.1 cm³/mol. The van der Waals surface area contributed by atoms with E-state index < -0.39 is 19.8 Å². The Labute approximate surface area is 126 Å². The molecule has 1 aliphatic heterocycles. The molecule has 2 aliphatic rings. The van der Waals surface area contributed by atoms with Gasteiger partial charge in [0.1, 0.15) is 0 Å². The molecule has 0 aromatic heterocycles. The molecule has 2 rings (SSSR count). The number of sulfonamides is 1. The third-order valence-corrected chi connectivity index (χ3v) is 7.75. The molecule has 1 N–H and O–H groups in total. The Kier molecular flexibility index (Phi) is 5.13. The maximum absolute atomic E-state index is 12.3.